The third-order valence-corrected chi connectivity index (χ3v) is 4.24. The van der Waals surface area contributed by atoms with Crippen LogP contribution in [0.15, 0.2) is 33.6 Å². The molecule has 3 heterocycles. The number of nitrogens with one attached hydrogen (secondary N) is 1. The van der Waals surface area contributed by atoms with Gasteiger partial charge in [0.15, 0.2) is 15.9 Å². The molecule has 0 fully saturated rings. The second-order valence-electron chi connectivity index (χ2n) is 3.97. The van der Waals surface area contributed by atoms with Gasteiger partial charge in [-0.1, -0.05) is 0 Å². The summed E-state index contributed by atoms with van der Waals surface area (Å²) in [5.74, 6) is 0.787. The molecule has 0 aliphatic heterocycles. The van der Waals surface area contributed by atoms with Crippen LogP contribution in [0.4, 0.5) is 5.13 Å². The van der Waals surface area contributed by atoms with Gasteiger partial charge in [0.25, 0.3) is 0 Å². The summed E-state index contributed by atoms with van der Waals surface area (Å²) in [6, 6.07) is 3.76. The smallest absolute Gasteiger partial charge is 0.183 e. The van der Waals surface area contributed by atoms with E-state index in [1.807, 2.05) is 22.9 Å². The Hall–Kier alpha value is -1.70. The lowest BCUT2D eigenvalue weighted by Crippen LogP contribution is -2.06. The molecule has 0 radical (unpaired) electrons. The zero-order chi connectivity index (χ0) is 13.8. The van der Waals surface area contributed by atoms with Gasteiger partial charge >= 0.3 is 0 Å². The minimum absolute atomic E-state index is 0.661. The van der Waals surface area contributed by atoms with E-state index >= 15 is 0 Å². The Bertz CT molecular complexity index is 661. The molecular formula is C13H13N3O2S2. The van der Waals surface area contributed by atoms with Crippen molar-refractivity contribution in [3.8, 4) is 22.2 Å². The fraction of sp³-hybridized carbons (Fsp3) is 0.231. The Morgan fingerprint density at radius 2 is 2.10 bits per heavy atom. The van der Waals surface area contributed by atoms with E-state index in [2.05, 4.69) is 15.3 Å². The molecular weight excluding hydrogens is 294 g/mol. The first-order valence-electron chi connectivity index (χ1n) is 6.05. The highest BCUT2D eigenvalue weighted by Gasteiger charge is 2.11. The van der Waals surface area contributed by atoms with Crippen molar-refractivity contribution < 1.29 is 9.15 Å². The topological polar surface area (TPSA) is 60.2 Å². The van der Waals surface area contributed by atoms with Gasteiger partial charge in [0.05, 0.1) is 12.9 Å². The maximum absolute atomic E-state index is 5.34. The summed E-state index contributed by atoms with van der Waals surface area (Å²) in [7, 11) is 1.68. The maximum atomic E-state index is 5.34. The number of rotatable bonds is 6. The number of nitrogens with zero attached hydrogens (tertiary/aromatic N) is 2. The number of aromatic nitrogens is 2. The van der Waals surface area contributed by atoms with Crippen molar-refractivity contribution in [3.63, 3.8) is 0 Å². The van der Waals surface area contributed by atoms with Crippen LogP contribution in [0.3, 0.4) is 0 Å². The Morgan fingerprint density at radius 3 is 2.90 bits per heavy atom. The van der Waals surface area contributed by atoms with Crippen molar-refractivity contribution in [1.82, 2.24) is 9.97 Å². The number of hydrogen-bond acceptors (Lipinski definition) is 7. The fourth-order valence-corrected chi connectivity index (χ4v) is 3.15. The van der Waals surface area contributed by atoms with Crippen LogP contribution in [0.2, 0.25) is 0 Å². The lowest BCUT2D eigenvalue weighted by Gasteiger charge is -1.99. The molecule has 0 aliphatic rings. The van der Waals surface area contributed by atoms with E-state index < -0.39 is 0 Å². The number of ether oxygens (including phenoxy) is 1. The molecule has 0 bridgehead atoms. The molecule has 1 N–H and O–H groups in total. The van der Waals surface area contributed by atoms with Crippen LogP contribution in [0.1, 0.15) is 0 Å². The first-order chi connectivity index (χ1) is 9.86. The van der Waals surface area contributed by atoms with E-state index in [0.29, 0.717) is 6.61 Å². The van der Waals surface area contributed by atoms with Crippen molar-refractivity contribution in [2.24, 2.45) is 0 Å². The van der Waals surface area contributed by atoms with Gasteiger partial charge in [-0.15, -0.1) is 22.7 Å². The predicted molar refractivity (Wildman–Crippen MR) is 81.3 cm³/mol. The van der Waals surface area contributed by atoms with Crippen LogP contribution >= 0.6 is 22.7 Å². The van der Waals surface area contributed by atoms with Crippen LogP contribution in [0.5, 0.6) is 0 Å². The second-order valence-corrected chi connectivity index (χ2v) is 5.69. The number of thiazole rings is 2. The van der Waals surface area contributed by atoms with E-state index in [1.165, 1.54) is 0 Å². The van der Waals surface area contributed by atoms with Crippen molar-refractivity contribution in [1.29, 1.82) is 0 Å². The van der Waals surface area contributed by atoms with Gasteiger partial charge in [-0.25, -0.2) is 9.97 Å². The summed E-state index contributed by atoms with van der Waals surface area (Å²) in [6.45, 7) is 1.41. The average molecular weight is 307 g/mol. The average Bonchev–Trinajstić information content (AvgIpc) is 3.19. The molecule has 0 unspecified atom stereocenters. The molecule has 20 heavy (non-hydrogen) atoms. The van der Waals surface area contributed by atoms with Crippen LogP contribution in [-0.2, 0) is 4.74 Å². The lowest BCUT2D eigenvalue weighted by atomic mass is 10.4. The lowest BCUT2D eigenvalue weighted by molar-refractivity contribution is 0.211. The summed E-state index contributed by atoms with van der Waals surface area (Å²) >= 11 is 3.12. The normalized spacial score (nSPS) is 10.8. The van der Waals surface area contributed by atoms with Gasteiger partial charge in [0.2, 0.25) is 0 Å². The number of hydrogen-bond donors (Lipinski definition) is 1. The standard InChI is InChI=1S/C13H13N3O2S2/c1-17-6-4-14-13-16-10(8-20-13)9-7-19-12(15-9)11-3-2-5-18-11/h2-3,5,7-8H,4,6H2,1H3,(H,14,16). The number of methoxy groups -OCH3 is 1. The molecule has 3 rings (SSSR count). The summed E-state index contributed by atoms with van der Waals surface area (Å²) in [6.07, 6.45) is 1.65. The molecule has 5 nitrogen and oxygen atoms in total. The molecule has 0 aromatic carbocycles. The molecule has 0 spiro atoms. The van der Waals surface area contributed by atoms with Gasteiger partial charge in [0, 0.05) is 24.4 Å². The molecule has 3 aromatic heterocycles. The van der Waals surface area contributed by atoms with Crippen molar-refractivity contribution >= 4 is 27.8 Å². The highest BCUT2D eigenvalue weighted by Crippen LogP contribution is 2.30. The van der Waals surface area contributed by atoms with E-state index in [1.54, 1.807) is 36.0 Å². The molecule has 7 heteroatoms. The van der Waals surface area contributed by atoms with Gasteiger partial charge < -0.3 is 14.5 Å². The predicted octanol–water partition coefficient (Wildman–Crippen LogP) is 3.58. The summed E-state index contributed by atoms with van der Waals surface area (Å²) in [5, 5.41) is 8.94. The van der Waals surface area contributed by atoms with Crippen LogP contribution in [-0.4, -0.2) is 30.2 Å². The van der Waals surface area contributed by atoms with Crippen LogP contribution in [0, 0.1) is 0 Å². The molecule has 104 valence electrons. The highest BCUT2D eigenvalue weighted by atomic mass is 32.1. The summed E-state index contributed by atoms with van der Waals surface area (Å²) in [5.41, 5.74) is 1.75. The van der Waals surface area contributed by atoms with Crippen molar-refractivity contribution in [2.75, 3.05) is 25.6 Å². The Kier molecular flexibility index (Phi) is 4.10. The summed E-state index contributed by atoms with van der Waals surface area (Å²) < 4.78 is 10.3. The molecule has 0 amide bonds. The minimum Gasteiger partial charge on any atom is -0.462 e. The third-order valence-electron chi connectivity index (χ3n) is 2.59. The Labute approximate surface area is 124 Å². The van der Waals surface area contributed by atoms with E-state index in [9.17, 15) is 0 Å². The SMILES string of the molecule is COCCNc1nc(-c2csc(-c3ccco3)n2)cs1. The zero-order valence-corrected chi connectivity index (χ0v) is 12.5. The van der Waals surface area contributed by atoms with E-state index in [-0.39, 0.29) is 0 Å². The minimum atomic E-state index is 0.661. The monoisotopic (exact) mass is 307 g/mol. The molecule has 0 saturated heterocycles. The molecule has 0 aliphatic carbocycles. The Morgan fingerprint density at radius 1 is 1.25 bits per heavy atom. The van der Waals surface area contributed by atoms with Crippen LogP contribution < -0.4 is 5.32 Å². The second kappa shape index (κ2) is 6.17. The fourth-order valence-electron chi connectivity index (χ4n) is 1.64. The first-order valence-corrected chi connectivity index (χ1v) is 7.81. The van der Waals surface area contributed by atoms with Crippen molar-refractivity contribution in [3.05, 3.63) is 29.2 Å². The van der Waals surface area contributed by atoms with E-state index in [0.717, 1.165) is 33.8 Å². The van der Waals surface area contributed by atoms with Gasteiger partial charge in [-0.2, -0.15) is 0 Å². The first kappa shape index (κ1) is 13.3. The molecule has 3 aromatic rings. The number of furan rings is 1. The van der Waals surface area contributed by atoms with Gasteiger partial charge in [-0.3, -0.25) is 0 Å². The summed E-state index contributed by atoms with van der Waals surface area (Å²) in [4.78, 5) is 9.06. The maximum Gasteiger partial charge on any atom is 0.183 e. The largest absolute Gasteiger partial charge is 0.462 e. The number of anilines is 1. The quantitative estimate of drug-likeness (QED) is 0.705. The van der Waals surface area contributed by atoms with E-state index in [4.69, 9.17) is 9.15 Å². The van der Waals surface area contributed by atoms with Crippen molar-refractivity contribution in [2.45, 2.75) is 0 Å². The third kappa shape index (κ3) is 2.90. The highest BCUT2D eigenvalue weighted by molar-refractivity contribution is 7.14. The van der Waals surface area contributed by atoms with Gasteiger partial charge in [-0.05, 0) is 12.1 Å². The molecule has 0 atom stereocenters. The molecule has 0 saturated carbocycles. The van der Waals surface area contributed by atoms with Gasteiger partial charge in [0.1, 0.15) is 11.4 Å². The van der Waals surface area contributed by atoms with Crippen LogP contribution in [0.25, 0.3) is 22.2 Å². The Balaban J connectivity index is 1.73. The zero-order valence-electron chi connectivity index (χ0n) is 10.8.